The standard InChI is InChI=1S/C29H26F3NO4S/c1-20(2)18-33(28(34)24-14-13-22-8-3-4-9-23(22)16-24)19-21-7-5-11-26(15-21)37-38(35,36)27-12-6-10-25(17-27)29(30,31)32/h3-17,20H,18-19H2,1-2H3. The smallest absolute Gasteiger partial charge is 0.379 e. The molecule has 0 saturated heterocycles. The summed E-state index contributed by atoms with van der Waals surface area (Å²) in [6, 6.07) is 22.8. The van der Waals surface area contributed by atoms with Crippen molar-refractivity contribution < 1.29 is 30.6 Å². The maximum absolute atomic E-state index is 13.4. The van der Waals surface area contributed by atoms with Crippen molar-refractivity contribution in [2.45, 2.75) is 31.5 Å². The van der Waals surface area contributed by atoms with Crippen LogP contribution in [-0.2, 0) is 22.8 Å². The second-order valence-electron chi connectivity index (χ2n) is 9.35. The number of benzene rings is 4. The van der Waals surface area contributed by atoms with Gasteiger partial charge in [0.1, 0.15) is 10.6 Å². The van der Waals surface area contributed by atoms with Gasteiger partial charge in [-0.1, -0.05) is 62.4 Å². The lowest BCUT2D eigenvalue weighted by atomic mass is 10.1. The minimum Gasteiger partial charge on any atom is -0.379 e. The average molecular weight is 542 g/mol. The molecule has 198 valence electrons. The van der Waals surface area contributed by atoms with Crippen LogP contribution in [0.4, 0.5) is 13.2 Å². The summed E-state index contributed by atoms with van der Waals surface area (Å²) < 4.78 is 69.7. The molecule has 0 fully saturated rings. The molecule has 4 aromatic carbocycles. The number of hydrogen-bond acceptors (Lipinski definition) is 4. The van der Waals surface area contributed by atoms with Gasteiger partial charge in [-0.05, 0) is 64.7 Å². The van der Waals surface area contributed by atoms with E-state index >= 15 is 0 Å². The summed E-state index contributed by atoms with van der Waals surface area (Å²) in [7, 11) is -4.52. The van der Waals surface area contributed by atoms with E-state index in [0.29, 0.717) is 23.7 Å². The number of halogens is 3. The number of fused-ring (bicyclic) bond motifs is 1. The lowest BCUT2D eigenvalue weighted by molar-refractivity contribution is -0.137. The van der Waals surface area contributed by atoms with Crippen molar-refractivity contribution in [3.8, 4) is 5.75 Å². The number of carbonyl (C=O) groups is 1. The summed E-state index contributed by atoms with van der Waals surface area (Å²) in [5.74, 6) is -0.0740. The zero-order valence-corrected chi connectivity index (χ0v) is 21.6. The first-order chi connectivity index (χ1) is 17.9. The Balaban J connectivity index is 1.57. The zero-order valence-electron chi connectivity index (χ0n) is 20.8. The van der Waals surface area contributed by atoms with Crippen LogP contribution in [-0.4, -0.2) is 25.8 Å². The highest BCUT2D eigenvalue weighted by Gasteiger charge is 2.32. The lowest BCUT2D eigenvalue weighted by Gasteiger charge is -2.25. The monoisotopic (exact) mass is 541 g/mol. The summed E-state index contributed by atoms with van der Waals surface area (Å²) in [5.41, 5.74) is 0.0490. The molecular weight excluding hydrogens is 515 g/mol. The Morgan fingerprint density at radius 2 is 1.58 bits per heavy atom. The third-order valence-electron chi connectivity index (χ3n) is 5.80. The van der Waals surface area contributed by atoms with Gasteiger partial charge >= 0.3 is 16.3 Å². The number of hydrogen-bond donors (Lipinski definition) is 0. The summed E-state index contributed by atoms with van der Waals surface area (Å²) in [6.45, 7) is 4.62. The fourth-order valence-corrected chi connectivity index (χ4v) is 5.05. The van der Waals surface area contributed by atoms with E-state index in [-0.39, 0.29) is 24.1 Å². The van der Waals surface area contributed by atoms with Crippen LogP contribution in [0.5, 0.6) is 5.75 Å². The van der Waals surface area contributed by atoms with Crippen LogP contribution in [0.15, 0.2) is 95.9 Å². The second-order valence-corrected chi connectivity index (χ2v) is 10.9. The van der Waals surface area contributed by atoms with E-state index in [9.17, 15) is 26.4 Å². The first-order valence-corrected chi connectivity index (χ1v) is 13.3. The van der Waals surface area contributed by atoms with Crippen molar-refractivity contribution >= 4 is 26.8 Å². The fraction of sp³-hybridized carbons (Fsp3) is 0.207. The van der Waals surface area contributed by atoms with Crippen LogP contribution in [0.2, 0.25) is 0 Å². The Labute approximate surface area is 219 Å². The Kier molecular flexibility index (Phi) is 7.78. The summed E-state index contributed by atoms with van der Waals surface area (Å²) in [6.07, 6.45) is -4.69. The summed E-state index contributed by atoms with van der Waals surface area (Å²) >= 11 is 0. The van der Waals surface area contributed by atoms with Crippen LogP contribution in [0, 0.1) is 5.92 Å². The molecule has 0 heterocycles. The van der Waals surface area contributed by atoms with Crippen molar-refractivity contribution in [3.05, 3.63) is 108 Å². The van der Waals surface area contributed by atoms with Gasteiger partial charge in [0, 0.05) is 18.7 Å². The highest BCUT2D eigenvalue weighted by molar-refractivity contribution is 7.87. The molecule has 38 heavy (non-hydrogen) atoms. The van der Waals surface area contributed by atoms with E-state index in [0.717, 1.165) is 29.0 Å². The largest absolute Gasteiger partial charge is 0.416 e. The van der Waals surface area contributed by atoms with Crippen LogP contribution in [0.25, 0.3) is 10.8 Å². The minimum absolute atomic E-state index is 0.0671. The molecule has 5 nitrogen and oxygen atoms in total. The Morgan fingerprint density at radius 1 is 0.868 bits per heavy atom. The first kappa shape index (κ1) is 27.2. The summed E-state index contributed by atoms with van der Waals surface area (Å²) in [4.78, 5) is 14.5. The molecule has 0 N–H and O–H groups in total. The quantitative estimate of drug-likeness (QED) is 0.227. The molecule has 0 aliphatic rings. The molecule has 4 aromatic rings. The maximum atomic E-state index is 13.4. The predicted molar refractivity (Wildman–Crippen MR) is 139 cm³/mol. The van der Waals surface area contributed by atoms with Gasteiger partial charge in [0.25, 0.3) is 5.91 Å². The number of rotatable bonds is 8. The van der Waals surface area contributed by atoms with E-state index in [1.54, 1.807) is 23.1 Å². The van der Waals surface area contributed by atoms with E-state index in [4.69, 9.17) is 4.18 Å². The second kappa shape index (κ2) is 10.9. The molecule has 0 aliphatic carbocycles. The van der Waals surface area contributed by atoms with Gasteiger partial charge < -0.3 is 9.08 Å². The molecule has 0 bridgehead atoms. The Hall–Kier alpha value is -3.85. The third kappa shape index (κ3) is 6.52. The molecule has 0 atom stereocenters. The highest BCUT2D eigenvalue weighted by atomic mass is 32.2. The SMILES string of the molecule is CC(C)CN(Cc1cccc(OS(=O)(=O)c2cccc(C(F)(F)F)c2)c1)C(=O)c1ccc2ccccc2c1. The van der Waals surface area contributed by atoms with Crippen molar-refractivity contribution in [2.24, 2.45) is 5.92 Å². The number of amides is 1. The molecule has 1 amide bonds. The van der Waals surface area contributed by atoms with Gasteiger partial charge in [0.2, 0.25) is 0 Å². The molecule has 0 aliphatic heterocycles. The molecule has 0 radical (unpaired) electrons. The van der Waals surface area contributed by atoms with E-state index in [2.05, 4.69) is 0 Å². The maximum Gasteiger partial charge on any atom is 0.416 e. The van der Waals surface area contributed by atoms with Crippen molar-refractivity contribution in [2.75, 3.05) is 6.54 Å². The van der Waals surface area contributed by atoms with Crippen LogP contribution >= 0.6 is 0 Å². The first-order valence-electron chi connectivity index (χ1n) is 11.9. The molecule has 9 heteroatoms. The third-order valence-corrected chi connectivity index (χ3v) is 7.04. The van der Waals surface area contributed by atoms with E-state index < -0.39 is 26.8 Å². The summed E-state index contributed by atoms with van der Waals surface area (Å²) in [5, 5.41) is 1.96. The van der Waals surface area contributed by atoms with E-state index in [1.807, 2.05) is 50.2 Å². The number of alkyl halides is 3. The molecule has 0 spiro atoms. The fourth-order valence-electron chi connectivity index (χ4n) is 4.08. The topological polar surface area (TPSA) is 63.7 Å². The molecule has 0 aromatic heterocycles. The zero-order chi connectivity index (χ0) is 27.5. The Morgan fingerprint density at radius 3 is 2.29 bits per heavy atom. The van der Waals surface area contributed by atoms with Crippen molar-refractivity contribution in [3.63, 3.8) is 0 Å². The minimum atomic E-state index is -4.69. The van der Waals surface area contributed by atoms with Gasteiger partial charge in [0.15, 0.2) is 0 Å². The van der Waals surface area contributed by atoms with Crippen LogP contribution in [0.3, 0.4) is 0 Å². The van der Waals surface area contributed by atoms with Gasteiger partial charge in [-0.25, -0.2) is 0 Å². The van der Waals surface area contributed by atoms with Gasteiger partial charge in [-0.15, -0.1) is 0 Å². The average Bonchev–Trinajstić information content (AvgIpc) is 2.87. The van der Waals surface area contributed by atoms with E-state index in [1.165, 1.54) is 12.1 Å². The molecule has 4 rings (SSSR count). The number of carbonyl (C=O) groups excluding carboxylic acids is 1. The van der Waals surface area contributed by atoms with Gasteiger partial charge in [0.05, 0.1) is 5.56 Å². The molecular formula is C29H26F3NO4S. The lowest BCUT2D eigenvalue weighted by Crippen LogP contribution is -2.33. The Bertz CT molecular complexity index is 1570. The molecule has 0 saturated carbocycles. The van der Waals surface area contributed by atoms with Crippen LogP contribution < -0.4 is 4.18 Å². The van der Waals surface area contributed by atoms with Crippen molar-refractivity contribution in [1.82, 2.24) is 4.90 Å². The van der Waals surface area contributed by atoms with Crippen molar-refractivity contribution in [1.29, 1.82) is 0 Å². The normalized spacial score (nSPS) is 12.1. The predicted octanol–water partition coefficient (Wildman–Crippen LogP) is 6.92. The highest BCUT2D eigenvalue weighted by Crippen LogP contribution is 2.31. The van der Waals surface area contributed by atoms with Crippen LogP contribution in [0.1, 0.15) is 35.3 Å². The van der Waals surface area contributed by atoms with Gasteiger partial charge in [-0.3, -0.25) is 4.79 Å². The van der Waals surface area contributed by atoms with Gasteiger partial charge in [-0.2, -0.15) is 21.6 Å². The number of nitrogens with zero attached hydrogens (tertiary/aromatic N) is 1. The molecule has 0 unspecified atom stereocenters.